The highest BCUT2D eigenvalue weighted by Crippen LogP contribution is 2.21. The molecule has 0 aromatic heterocycles. The molecule has 8 heteroatoms. The Balaban J connectivity index is 1.90. The predicted molar refractivity (Wildman–Crippen MR) is 108 cm³/mol. The summed E-state index contributed by atoms with van der Waals surface area (Å²) >= 11 is 5.83. The van der Waals surface area contributed by atoms with Crippen molar-refractivity contribution in [3.8, 4) is 5.75 Å². The monoisotopic (exact) mass is 410 g/mol. The Bertz CT molecular complexity index is 898. The molecule has 1 amide bonds. The number of carbonyl (C=O) groups excluding carboxylic acids is 1. The molecular weight excluding hydrogens is 388 g/mol. The Morgan fingerprint density at radius 1 is 1.15 bits per heavy atom. The van der Waals surface area contributed by atoms with Crippen LogP contribution in [0.5, 0.6) is 5.75 Å². The van der Waals surface area contributed by atoms with Crippen LogP contribution in [0.3, 0.4) is 0 Å². The number of hydrogen-bond acceptors (Lipinski definition) is 4. The summed E-state index contributed by atoms with van der Waals surface area (Å²) in [7, 11) is -3.61. The van der Waals surface area contributed by atoms with Crippen LogP contribution in [0.15, 0.2) is 42.5 Å². The number of carbonyl (C=O) groups is 1. The van der Waals surface area contributed by atoms with Crippen molar-refractivity contribution in [3.05, 3.63) is 58.6 Å². The molecular formula is C19H23ClN2O4S. The zero-order valence-corrected chi connectivity index (χ0v) is 17.1. The van der Waals surface area contributed by atoms with Gasteiger partial charge < -0.3 is 10.1 Å². The lowest BCUT2D eigenvalue weighted by atomic mass is 10.1. The Morgan fingerprint density at radius 3 is 2.44 bits per heavy atom. The first-order valence-corrected chi connectivity index (χ1v) is 10.6. The third kappa shape index (κ3) is 6.15. The molecule has 0 fully saturated rings. The van der Waals surface area contributed by atoms with Crippen molar-refractivity contribution in [2.75, 3.05) is 30.3 Å². The fourth-order valence-electron chi connectivity index (χ4n) is 2.43. The molecule has 0 aliphatic rings. The number of sulfonamides is 1. The van der Waals surface area contributed by atoms with E-state index in [0.29, 0.717) is 10.7 Å². The maximum absolute atomic E-state index is 12.2. The van der Waals surface area contributed by atoms with E-state index in [1.165, 1.54) is 0 Å². The zero-order chi connectivity index (χ0) is 20.0. The molecule has 0 heterocycles. The summed E-state index contributed by atoms with van der Waals surface area (Å²) < 4.78 is 30.8. The smallest absolute Gasteiger partial charge is 0.240 e. The summed E-state index contributed by atoms with van der Waals surface area (Å²) in [6.07, 6.45) is 1.05. The average molecular weight is 411 g/mol. The molecule has 1 N–H and O–H groups in total. The molecule has 0 saturated carbocycles. The van der Waals surface area contributed by atoms with Crippen LogP contribution in [0, 0.1) is 13.8 Å². The van der Waals surface area contributed by atoms with Gasteiger partial charge in [0.05, 0.1) is 18.5 Å². The van der Waals surface area contributed by atoms with Crippen LogP contribution in [0.1, 0.15) is 11.1 Å². The van der Waals surface area contributed by atoms with E-state index in [-0.39, 0.29) is 19.7 Å². The second-order valence-electron chi connectivity index (χ2n) is 6.14. The number of nitrogens with zero attached hydrogens (tertiary/aromatic N) is 1. The molecule has 146 valence electrons. The number of halogens is 1. The number of ether oxygens (including phenoxy) is 1. The van der Waals surface area contributed by atoms with E-state index in [1.54, 1.807) is 24.3 Å². The molecule has 2 rings (SSSR count). The van der Waals surface area contributed by atoms with E-state index in [1.807, 2.05) is 32.0 Å². The lowest BCUT2D eigenvalue weighted by molar-refractivity contribution is -0.119. The van der Waals surface area contributed by atoms with Gasteiger partial charge in [0.2, 0.25) is 15.9 Å². The minimum atomic E-state index is -3.61. The molecule has 0 aliphatic heterocycles. The van der Waals surface area contributed by atoms with Crippen LogP contribution < -0.4 is 14.4 Å². The topological polar surface area (TPSA) is 75.7 Å². The fourth-order valence-corrected chi connectivity index (χ4v) is 3.41. The molecule has 27 heavy (non-hydrogen) atoms. The summed E-state index contributed by atoms with van der Waals surface area (Å²) in [5.74, 6) is 0.350. The van der Waals surface area contributed by atoms with Gasteiger partial charge in [-0.15, -0.1) is 0 Å². The van der Waals surface area contributed by atoms with E-state index >= 15 is 0 Å². The van der Waals surface area contributed by atoms with Crippen LogP contribution >= 0.6 is 11.6 Å². The SMILES string of the molecule is Cc1cccc(OCCNC(=O)CN(c2ccc(Cl)cc2)S(C)(=O)=O)c1C. The standard InChI is InChI=1S/C19H23ClN2O4S/c1-14-5-4-6-18(15(14)2)26-12-11-21-19(23)13-22(27(3,24)25)17-9-7-16(20)8-10-17/h4-10H,11-13H2,1-3H3,(H,21,23). The predicted octanol–water partition coefficient (Wildman–Crippen LogP) is 2.92. The number of amides is 1. The summed E-state index contributed by atoms with van der Waals surface area (Å²) in [5, 5.41) is 3.16. The number of aryl methyl sites for hydroxylation is 1. The minimum absolute atomic E-state index is 0.268. The number of benzene rings is 2. The molecule has 0 aliphatic carbocycles. The molecule has 0 spiro atoms. The summed E-state index contributed by atoms with van der Waals surface area (Å²) in [6.45, 7) is 4.21. The van der Waals surface area contributed by atoms with Gasteiger partial charge in [-0.25, -0.2) is 8.42 Å². The van der Waals surface area contributed by atoms with E-state index in [0.717, 1.165) is 27.4 Å². The van der Waals surface area contributed by atoms with Gasteiger partial charge in [0.15, 0.2) is 0 Å². The van der Waals surface area contributed by atoms with Crippen molar-refractivity contribution in [2.24, 2.45) is 0 Å². The van der Waals surface area contributed by atoms with Crippen LogP contribution in [-0.2, 0) is 14.8 Å². The van der Waals surface area contributed by atoms with Crippen molar-refractivity contribution >= 4 is 33.2 Å². The average Bonchev–Trinajstić information content (AvgIpc) is 2.60. The van der Waals surface area contributed by atoms with Gasteiger partial charge in [0, 0.05) is 5.02 Å². The first kappa shape index (κ1) is 21.1. The van der Waals surface area contributed by atoms with Crippen molar-refractivity contribution in [2.45, 2.75) is 13.8 Å². The summed E-state index contributed by atoms with van der Waals surface area (Å²) in [5.41, 5.74) is 2.56. The number of anilines is 1. The first-order valence-electron chi connectivity index (χ1n) is 8.37. The molecule has 0 atom stereocenters. The second-order valence-corrected chi connectivity index (χ2v) is 8.49. The van der Waals surface area contributed by atoms with Gasteiger partial charge in [0.25, 0.3) is 0 Å². The Morgan fingerprint density at radius 2 is 1.81 bits per heavy atom. The van der Waals surface area contributed by atoms with Crippen molar-refractivity contribution in [1.82, 2.24) is 5.32 Å². The van der Waals surface area contributed by atoms with Gasteiger partial charge in [-0.2, -0.15) is 0 Å². The van der Waals surface area contributed by atoms with E-state index in [9.17, 15) is 13.2 Å². The van der Waals surface area contributed by atoms with Gasteiger partial charge in [-0.1, -0.05) is 23.7 Å². The molecule has 2 aromatic rings. The highest BCUT2D eigenvalue weighted by atomic mass is 35.5. The van der Waals surface area contributed by atoms with E-state index < -0.39 is 15.9 Å². The normalized spacial score (nSPS) is 11.1. The minimum Gasteiger partial charge on any atom is -0.491 e. The largest absolute Gasteiger partial charge is 0.491 e. The van der Waals surface area contributed by atoms with Gasteiger partial charge >= 0.3 is 0 Å². The van der Waals surface area contributed by atoms with Crippen molar-refractivity contribution in [1.29, 1.82) is 0 Å². The number of hydrogen-bond donors (Lipinski definition) is 1. The zero-order valence-electron chi connectivity index (χ0n) is 15.5. The quantitative estimate of drug-likeness (QED) is 0.679. The highest BCUT2D eigenvalue weighted by Gasteiger charge is 2.20. The summed E-state index contributed by atoms with van der Waals surface area (Å²) in [6, 6.07) is 12.0. The Hall–Kier alpha value is -2.25. The lowest BCUT2D eigenvalue weighted by Gasteiger charge is -2.22. The maximum Gasteiger partial charge on any atom is 0.240 e. The molecule has 0 unspecified atom stereocenters. The van der Waals surface area contributed by atoms with Crippen molar-refractivity contribution in [3.63, 3.8) is 0 Å². The van der Waals surface area contributed by atoms with Gasteiger partial charge in [0.1, 0.15) is 18.9 Å². The van der Waals surface area contributed by atoms with Crippen LogP contribution in [0.25, 0.3) is 0 Å². The number of rotatable bonds is 8. The first-order chi connectivity index (χ1) is 12.7. The maximum atomic E-state index is 12.2. The Labute approximate surface area is 165 Å². The molecule has 0 radical (unpaired) electrons. The van der Waals surface area contributed by atoms with Gasteiger partial charge in [-0.3, -0.25) is 9.10 Å². The Kier molecular flexibility index (Phi) is 7.10. The van der Waals surface area contributed by atoms with Crippen molar-refractivity contribution < 1.29 is 17.9 Å². The van der Waals surface area contributed by atoms with E-state index in [2.05, 4.69) is 5.32 Å². The highest BCUT2D eigenvalue weighted by molar-refractivity contribution is 7.92. The lowest BCUT2D eigenvalue weighted by Crippen LogP contribution is -2.41. The summed E-state index contributed by atoms with van der Waals surface area (Å²) in [4.78, 5) is 12.2. The second kappa shape index (κ2) is 9.10. The fraction of sp³-hybridized carbons (Fsp3) is 0.316. The van der Waals surface area contributed by atoms with Crippen LogP contribution in [0.4, 0.5) is 5.69 Å². The van der Waals surface area contributed by atoms with E-state index in [4.69, 9.17) is 16.3 Å². The third-order valence-electron chi connectivity index (χ3n) is 4.04. The van der Waals surface area contributed by atoms with Crippen LogP contribution in [-0.4, -0.2) is 40.3 Å². The van der Waals surface area contributed by atoms with Crippen LogP contribution in [0.2, 0.25) is 5.02 Å². The third-order valence-corrected chi connectivity index (χ3v) is 5.43. The van der Waals surface area contributed by atoms with Gasteiger partial charge in [-0.05, 0) is 55.3 Å². The molecule has 0 bridgehead atoms. The molecule has 6 nitrogen and oxygen atoms in total. The molecule has 2 aromatic carbocycles. The number of nitrogens with one attached hydrogen (secondary N) is 1. The molecule has 0 saturated heterocycles.